The average Bonchev–Trinajstić information content (AvgIpc) is 2.48. The predicted octanol–water partition coefficient (Wildman–Crippen LogP) is 0.667. The Hall–Kier alpha value is -1.62. The molecule has 0 spiro atoms. The molecule has 3 N–H and O–H groups in total. The fourth-order valence-electron chi connectivity index (χ4n) is 1.11. The summed E-state index contributed by atoms with van der Waals surface area (Å²) in [5.74, 6) is -0.0465. The fraction of sp³-hybridized carbons (Fsp3) is 0. The summed E-state index contributed by atoms with van der Waals surface area (Å²) >= 11 is 5.79. The van der Waals surface area contributed by atoms with Crippen LogP contribution in [0, 0.1) is 5.41 Å². The van der Waals surface area contributed by atoms with Crippen LogP contribution < -0.4 is 5.73 Å². The van der Waals surface area contributed by atoms with Gasteiger partial charge in [-0.2, -0.15) is 5.10 Å². The summed E-state index contributed by atoms with van der Waals surface area (Å²) in [6, 6.07) is 3.40. The summed E-state index contributed by atoms with van der Waals surface area (Å²) in [5, 5.41) is 11.5. The standard InChI is InChI=1S/C7H6ClN5/c8-6-4-1-2-5(7(9)10)13(4)12-3-11-6/h1-3H,(H3,9,10). The van der Waals surface area contributed by atoms with Gasteiger partial charge in [0.2, 0.25) is 0 Å². The number of rotatable bonds is 1. The number of hydrogen-bond acceptors (Lipinski definition) is 3. The van der Waals surface area contributed by atoms with Crippen LogP contribution in [-0.4, -0.2) is 20.4 Å². The maximum Gasteiger partial charge on any atom is 0.156 e. The quantitative estimate of drug-likeness (QED) is 0.518. The van der Waals surface area contributed by atoms with Gasteiger partial charge < -0.3 is 5.73 Å². The van der Waals surface area contributed by atoms with Crippen molar-refractivity contribution in [1.82, 2.24) is 14.6 Å². The number of amidine groups is 1. The van der Waals surface area contributed by atoms with Crippen LogP contribution in [0.4, 0.5) is 0 Å². The van der Waals surface area contributed by atoms with E-state index in [2.05, 4.69) is 10.1 Å². The summed E-state index contributed by atoms with van der Waals surface area (Å²) in [5.41, 5.74) is 6.49. The first-order valence-electron chi connectivity index (χ1n) is 3.53. The van der Waals surface area contributed by atoms with Gasteiger partial charge in [0, 0.05) is 0 Å². The first kappa shape index (κ1) is 8.00. The van der Waals surface area contributed by atoms with Gasteiger partial charge in [0.15, 0.2) is 5.15 Å². The lowest BCUT2D eigenvalue weighted by Crippen LogP contribution is -2.14. The molecule has 0 aliphatic rings. The summed E-state index contributed by atoms with van der Waals surface area (Å²) in [7, 11) is 0. The molecule has 0 saturated heterocycles. The van der Waals surface area contributed by atoms with Gasteiger partial charge in [-0.1, -0.05) is 11.6 Å². The Balaban J connectivity index is 2.83. The SMILES string of the molecule is N=C(N)c1ccc2c(Cl)ncnn12. The van der Waals surface area contributed by atoms with Crippen LogP contribution in [0.2, 0.25) is 5.15 Å². The summed E-state index contributed by atoms with van der Waals surface area (Å²) in [6.45, 7) is 0. The molecule has 66 valence electrons. The number of aromatic nitrogens is 3. The average molecular weight is 196 g/mol. The predicted molar refractivity (Wildman–Crippen MR) is 49.0 cm³/mol. The number of hydrogen-bond donors (Lipinski definition) is 2. The molecule has 0 aliphatic carbocycles. The Labute approximate surface area is 78.7 Å². The summed E-state index contributed by atoms with van der Waals surface area (Å²) in [4.78, 5) is 3.80. The van der Waals surface area contributed by atoms with Crippen molar-refractivity contribution in [2.75, 3.05) is 0 Å². The molecular formula is C7H6ClN5. The smallest absolute Gasteiger partial charge is 0.156 e. The third-order valence-electron chi connectivity index (χ3n) is 1.68. The van der Waals surface area contributed by atoms with Crippen molar-refractivity contribution in [3.8, 4) is 0 Å². The van der Waals surface area contributed by atoms with E-state index in [-0.39, 0.29) is 5.84 Å². The van der Waals surface area contributed by atoms with Crippen LogP contribution in [0.5, 0.6) is 0 Å². The molecule has 6 heteroatoms. The second kappa shape index (κ2) is 2.70. The van der Waals surface area contributed by atoms with E-state index in [1.165, 1.54) is 10.8 Å². The van der Waals surface area contributed by atoms with Gasteiger partial charge in [-0.05, 0) is 12.1 Å². The topological polar surface area (TPSA) is 80.1 Å². The third-order valence-corrected chi connectivity index (χ3v) is 1.97. The normalized spacial score (nSPS) is 10.5. The van der Waals surface area contributed by atoms with E-state index in [1.807, 2.05) is 0 Å². The number of nitrogens with two attached hydrogens (primary N) is 1. The van der Waals surface area contributed by atoms with E-state index in [0.29, 0.717) is 16.4 Å². The lowest BCUT2D eigenvalue weighted by molar-refractivity contribution is 0.892. The van der Waals surface area contributed by atoms with Crippen molar-refractivity contribution in [1.29, 1.82) is 5.41 Å². The number of nitrogen functional groups attached to an aromatic ring is 1. The van der Waals surface area contributed by atoms with Crippen LogP contribution in [0.3, 0.4) is 0 Å². The summed E-state index contributed by atoms with van der Waals surface area (Å²) in [6.07, 6.45) is 1.32. The zero-order valence-corrected chi connectivity index (χ0v) is 7.28. The molecular weight excluding hydrogens is 190 g/mol. The highest BCUT2D eigenvalue weighted by atomic mass is 35.5. The Morgan fingerprint density at radius 1 is 1.54 bits per heavy atom. The molecule has 0 amide bonds. The highest BCUT2D eigenvalue weighted by Crippen LogP contribution is 2.15. The number of halogens is 1. The van der Waals surface area contributed by atoms with Crippen LogP contribution in [0.15, 0.2) is 18.5 Å². The summed E-state index contributed by atoms with van der Waals surface area (Å²) < 4.78 is 1.48. The minimum absolute atomic E-state index is 0.0465. The van der Waals surface area contributed by atoms with E-state index < -0.39 is 0 Å². The van der Waals surface area contributed by atoms with Crippen molar-refractivity contribution in [3.63, 3.8) is 0 Å². The maximum absolute atomic E-state index is 7.26. The minimum atomic E-state index is -0.0465. The van der Waals surface area contributed by atoms with E-state index >= 15 is 0 Å². The molecule has 0 bridgehead atoms. The Morgan fingerprint density at radius 3 is 3.00 bits per heavy atom. The highest BCUT2D eigenvalue weighted by Gasteiger charge is 2.07. The molecule has 2 heterocycles. The minimum Gasteiger partial charge on any atom is -0.382 e. The zero-order valence-electron chi connectivity index (χ0n) is 6.53. The van der Waals surface area contributed by atoms with Crippen LogP contribution in [0.25, 0.3) is 5.52 Å². The zero-order chi connectivity index (χ0) is 9.42. The van der Waals surface area contributed by atoms with Gasteiger partial charge in [-0.3, -0.25) is 5.41 Å². The Morgan fingerprint density at radius 2 is 2.31 bits per heavy atom. The fourth-order valence-corrected chi connectivity index (χ4v) is 1.29. The van der Waals surface area contributed by atoms with Crippen LogP contribution >= 0.6 is 11.6 Å². The lowest BCUT2D eigenvalue weighted by Gasteiger charge is -1.98. The molecule has 0 aromatic carbocycles. The van der Waals surface area contributed by atoms with E-state index in [4.69, 9.17) is 22.7 Å². The number of nitrogens with zero attached hydrogens (tertiary/aromatic N) is 3. The second-order valence-corrected chi connectivity index (χ2v) is 2.84. The van der Waals surface area contributed by atoms with Crippen LogP contribution in [-0.2, 0) is 0 Å². The van der Waals surface area contributed by atoms with Crippen molar-refractivity contribution < 1.29 is 0 Å². The highest BCUT2D eigenvalue weighted by molar-refractivity contribution is 6.32. The molecule has 13 heavy (non-hydrogen) atoms. The van der Waals surface area contributed by atoms with Gasteiger partial charge in [0.1, 0.15) is 23.4 Å². The molecule has 5 nitrogen and oxygen atoms in total. The van der Waals surface area contributed by atoms with E-state index in [0.717, 1.165) is 0 Å². The van der Waals surface area contributed by atoms with Gasteiger partial charge in [0.05, 0.1) is 0 Å². The largest absolute Gasteiger partial charge is 0.382 e. The lowest BCUT2D eigenvalue weighted by atomic mass is 10.4. The molecule has 0 aliphatic heterocycles. The molecule has 0 atom stereocenters. The number of fused-ring (bicyclic) bond motifs is 1. The molecule has 0 radical (unpaired) electrons. The van der Waals surface area contributed by atoms with Gasteiger partial charge in [0.25, 0.3) is 0 Å². The third kappa shape index (κ3) is 1.13. The number of nitrogens with one attached hydrogen (secondary N) is 1. The molecule has 0 fully saturated rings. The molecule has 2 aromatic rings. The molecule has 0 unspecified atom stereocenters. The molecule has 0 saturated carbocycles. The molecule has 2 rings (SSSR count). The van der Waals surface area contributed by atoms with Crippen molar-refractivity contribution >= 4 is 23.0 Å². The van der Waals surface area contributed by atoms with Crippen molar-refractivity contribution in [2.24, 2.45) is 5.73 Å². The van der Waals surface area contributed by atoms with Gasteiger partial charge >= 0.3 is 0 Å². The van der Waals surface area contributed by atoms with E-state index in [9.17, 15) is 0 Å². The Kier molecular flexibility index (Phi) is 1.66. The molecule has 2 aromatic heterocycles. The van der Waals surface area contributed by atoms with Crippen molar-refractivity contribution in [3.05, 3.63) is 29.3 Å². The van der Waals surface area contributed by atoms with E-state index in [1.54, 1.807) is 12.1 Å². The monoisotopic (exact) mass is 195 g/mol. The van der Waals surface area contributed by atoms with Gasteiger partial charge in [-0.25, -0.2) is 9.50 Å². The van der Waals surface area contributed by atoms with Crippen LogP contribution in [0.1, 0.15) is 5.69 Å². The Bertz CT molecular complexity index is 475. The van der Waals surface area contributed by atoms with Crippen molar-refractivity contribution in [2.45, 2.75) is 0 Å². The first-order valence-corrected chi connectivity index (χ1v) is 3.90. The second-order valence-electron chi connectivity index (χ2n) is 2.48. The first-order chi connectivity index (χ1) is 6.20. The van der Waals surface area contributed by atoms with Gasteiger partial charge in [-0.15, -0.1) is 0 Å². The maximum atomic E-state index is 7.26.